The van der Waals surface area contributed by atoms with E-state index in [1.807, 2.05) is 0 Å². The van der Waals surface area contributed by atoms with Crippen LogP contribution >= 0.6 is 0 Å². The number of rotatable bonds is 0. The molecule has 0 aromatic carbocycles. The zero-order chi connectivity index (χ0) is 7.95. The molecule has 0 radical (unpaired) electrons. The number of nitrogens with one attached hydrogen (secondary N) is 2. The highest BCUT2D eigenvalue weighted by Crippen LogP contribution is 2.46. The van der Waals surface area contributed by atoms with Gasteiger partial charge in [-0.05, 0) is 18.4 Å². The predicted molar refractivity (Wildman–Crippen MR) is 46.6 cm³/mol. The van der Waals surface area contributed by atoms with E-state index in [0.29, 0.717) is 10.8 Å². The summed E-state index contributed by atoms with van der Waals surface area (Å²) in [6, 6.07) is 0. The molecule has 2 fully saturated rings. The van der Waals surface area contributed by atoms with Crippen molar-refractivity contribution in [2.45, 2.75) is 20.3 Å². The molecule has 0 aliphatic carbocycles. The van der Waals surface area contributed by atoms with Crippen molar-refractivity contribution < 1.29 is 0 Å². The second-order valence-electron chi connectivity index (χ2n) is 4.69. The maximum atomic E-state index is 3.51. The molecular formula is C9H18N2. The molecule has 64 valence electrons. The Hall–Kier alpha value is -0.0800. The normalized spacial score (nSPS) is 42.0. The van der Waals surface area contributed by atoms with Gasteiger partial charge in [0.25, 0.3) is 0 Å². The quantitative estimate of drug-likeness (QED) is 0.534. The third kappa shape index (κ3) is 0.926. The lowest BCUT2D eigenvalue weighted by Gasteiger charge is -2.36. The van der Waals surface area contributed by atoms with Crippen LogP contribution in [0.5, 0.6) is 0 Å². The van der Waals surface area contributed by atoms with Crippen LogP contribution < -0.4 is 10.6 Å². The molecule has 2 saturated heterocycles. The monoisotopic (exact) mass is 154 g/mol. The van der Waals surface area contributed by atoms with Crippen LogP contribution in [0.3, 0.4) is 0 Å². The van der Waals surface area contributed by atoms with Gasteiger partial charge in [0.1, 0.15) is 0 Å². The summed E-state index contributed by atoms with van der Waals surface area (Å²) in [6.45, 7) is 9.61. The van der Waals surface area contributed by atoms with Crippen molar-refractivity contribution in [3.05, 3.63) is 0 Å². The third-order valence-corrected chi connectivity index (χ3v) is 3.71. The molecule has 0 amide bonds. The van der Waals surface area contributed by atoms with Gasteiger partial charge in [0.2, 0.25) is 0 Å². The molecular weight excluding hydrogens is 136 g/mol. The van der Waals surface area contributed by atoms with E-state index in [9.17, 15) is 0 Å². The highest BCUT2D eigenvalue weighted by Gasteiger charge is 2.49. The van der Waals surface area contributed by atoms with Gasteiger partial charge in [-0.25, -0.2) is 0 Å². The van der Waals surface area contributed by atoms with Gasteiger partial charge >= 0.3 is 0 Å². The molecule has 0 aromatic rings. The Morgan fingerprint density at radius 2 is 1.73 bits per heavy atom. The Kier molecular flexibility index (Phi) is 1.52. The molecule has 2 aliphatic heterocycles. The van der Waals surface area contributed by atoms with E-state index in [1.165, 1.54) is 32.6 Å². The topological polar surface area (TPSA) is 24.1 Å². The van der Waals surface area contributed by atoms with Crippen LogP contribution in [-0.4, -0.2) is 26.2 Å². The SMILES string of the molecule is CC1(C)CNCC12CCNC2. The van der Waals surface area contributed by atoms with E-state index in [-0.39, 0.29) is 0 Å². The van der Waals surface area contributed by atoms with Crippen molar-refractivity contribution in [1.82, 2.24) is 10.6 Å². The molecule has 1 unspecified atom stereocenters. The molecule has 2 aliphatic rings. The first-order valence-corrected chi connectivity index (χ1v) is 4.58. The van der Waals surface area contributed by atoms with Gasteiger partial charge in [-0.2, -0.15) is 0 Å². The smallest absolute Gasteiger partial charge is 0.00277 e. The average Bonchev–Trinajstić information content (AvgIpc) is 2.45. The van der Waals surface area contributed by atoms with Crippen molar-refractivity contribution in [3.8, 4) is 0 Å². The second-order valence-corrected chi connectivity index (χ2v) is 4.69. The molecule has 1 spiro atoms. The van der Waals surface area contributed by atoms with Crippen LogP contribution in [0.2, 0.25) is 0 Å². The summed E-state index contributed by atoms with van der Waals surface area (Å²) in [5.41, 5.74) is 1.06. The van der Waals surface area contributed by atoms with Crippen molar-refractivity contribution in [2.24, 2.45) is 10.8 Å². The van der Waals surface area contributed by atoms with Crippen LogP contribution in [0.4, 0.5) is 0 Å². The third-order valence-electron chi connectivity index (χ3n) is 3.71. The minimum Gasteiger partial charge on any atom is -0.316 e. The summed E-state index contributed by atoms with van der Waals surface area (Å²) in [5.74, 6) is 0. The van der Waals surface area contributed by atoms with Gasteiger partial charge in [0.05, 0.1) is 0 Å². The van der Waals surface area contributed by atoms with Gasteiger partial charge in [-0.1, -0.05) is 13.8 Å². The predicted octanol–water partition coefficient (Wildman–Crippen LogP) is 0.595. The standard InChI is InChI=1S/C9H18N2/c1-8(2)5-11-7-9(8)3-4-10-6-9/h10-11H,3-7H2,1-2H3. The molecule has 2 heteroatoms. The summed E-state index contributed by atoms with van der Waals surface area (Å²) in [6.07, 6.45) is 1.35. The lowest BCUT2D eigenvalue weighted by molar-refractivity contribution is 0.159. The van der Waals surface area contributed by atoms with Gasteiger partial charge < -0.3 is 10.6 Å². The zero-order valence-electron chi connectivity index (χ0n) is 7.54. The Morgan fingerprint density at radius 1 is 1.00 bits per heavy atom. The first-order valence-electron chi connectivity index (χ1n) is 4.58. The van der Waals surface area contributed by atoms with Gasteiger partial charge in [0.15, 0.2) is 0 Å². The lowest BCUT2D eigenvalue weighted by atomic mass is 9.67. The maximum Gasteiger partial charge on any atom is 0.00277 e. The summed E-state index contributed by atoms with van der Waals surface area (Å²) in [4.78, 5) is 0. The molecule has 2 nitrogen and oxygen atoms in total. The number of hydrogen-bond acceptors (Lipinski definition) is 2. The van der Waals surface area contributed by atoms with E-state index >= 15 is 0 Å². The van der Waals surface area contributed by atoms with Crippen molar-refractivity contribution in [3.63, 3.8) is 0 Å². The molecule has 1 atom stereocenters. The van der Waals surface area contributed by atoms with Crippen molar-refractivity contribution >= 4 is 0 Å². The zero-order valence-corrected chi connectivity index (χ0v) is 7.54. The fourth-order valence-corrected chi connectivity index (χ4v) is 2.51. The molecule has 2 N–H and O–H groups in total. The fourth-order valence-electron chi connectivity index (χ4n) is 2.51. The van der Waals surface area contributed by atoms with Crippen LogP contribution in [0.25, 0.3) is 0 Å². The summed E-state index contributed by atoms with van der Waals surface area (Å²) >= 11 is 0. The van der Waals surface area contributed by atoms with Crippen LogP contribution in [-0.2, 0) is 0 Å². The highest BCUT2D eigenvalue weighted by atomic mass is 15.0. The van der Waals surface area contributed by atoms with E-state index < -0.39 is 0 Å². The van der Waals surface area contributed by atoms with Crippen molar-refractivity contribution in [2.75, 3.05) is 26.2 Å². The first kappa shape index (κ1) is 7.56. The average molecular weight is 154 g/mol. The van der Waals surface area contributed by atoms with E-state index in [2.05, 4.69) is 24.5 Å². The molecule has 11 heavy (non-hydrogen) atoms. The van der Waals surface area contributed by atoms with Crippen molar-refractivity contribution in [1.29, 1.82) is 0 Å². The van der Waals surface area contributed by atoms with Crippen LogP contribution in [0.15, 0.2) is 0 Å². The second kappa shape index (κ2) is 2.20. The van der Waals surface area contributed by atoms with Gasteiger partial charge in [-0.15, -0.1) is 0 Å². The number of hydrogen-bond donors (Lipinski definition) is 2. The molecule has 2 heterocycles. The maximum absolute atomic E-state index is 3.51. The lowest BCUT2D eigenvalue weighted by Crippen LogP contribution is -2.38. The van der Waals surface area contributed by atoms with E-state index in [1.54, 1.807) is 0 Å². The Bertz CT molecular complexity index is 151. The van der Waals surface area contributed by atoms with Crippen LogP contribution in [0, 0.1) is 10.8 Å². The summed E-state index contributed by atoms with van der Waals surface area (Å²) < 4.78 is 0. The Labute approximate surface area is 68.7 Å². The minimum atomic E-state index is 0.497. The Balaban J connectivity index is 2.22. The largest absolute Gasteiger partial charge is 0.316 e. The summed E-state index contributed by atoms with van der Waals surface area (Å²) in [5, 5.41) is 6.98. The van der Waals surface area contributed by atoms with Crippen LogP contribution in [0.1, 0.15) is 20.3 Å². The molecule has 0 saturated carbocycles. The van der Waals surface area contributed by atoms with E-state index in [0.717, 1.165) is 0 Å². The fraction of sp³-hybridized carbons (Fsp3) is 1.00. The summed E-state index contributed by atoms with van der Waals surface area (Å²) in [7, 11) is 0. The highest BCUT2D eigenvalue weighted by molar-refractivity contribution is 5.04. The minimum absolute atomic E-state index is 0.497. The van der Waals surface area contributed by atoms with Gasteiger partial charge in [0, 0.05) is 25.0 Å². The Morgan fingerprint density at radius 3 is 2.18 bits per heavy atom. The molecule has 0 bridgehead atoms. The first-order chi connectivity index (χ1) is 5.16. The van der Waals surface area contributed by atoms with E-state index in [4.69, 9.17) is 0 Å². The van der Waals surface area contributed by atoms with Gasteiger partial charge in [-0.3, -0.25) is 0 Å². The molecule has 2 rings (SSSR count). The molecule has 0 aromatic heterocycles.